The largest absolute Gasteiger partial charge is 0.456 e. The normalized spacial score (nSPS) is 10.7. The number of hydrogen-bond acceptors (Lipinski definition) is 3. The lowest BCUT2D eigenvalue weighted by Gasteiger charge is -2.12. The lowest BCUT2D eigenvalue weighted by molar-refractivity contribution is 0.481. The van der Waals surface area contributed by atoms with Crippen molar-refractivity contribution in [3.05, 3.63) is 65.3 Å². The number of nitrogens with zero attached hydrogens (tertiary/aromatic N) is 1. The predicted molar refractivity (Wildman–Crippen MR) is 81.2 cm³/mol. The van der Waals surface area contributed by atoms with Crippen molar-refractivity contribution in [3.63, 3.8) is 0 Å². The fraction of sp³-hybridized carbons (Fsp3) is 0.0625. The van der Waals surface area contributed by atoms with Crippen molar-refractivity contribution in [3.8, 4) is 11.5 Å². The van der Waals surface area contributed by atoms with Crippen LogP contribution >= 0.6 is 11.6 Å². The smallest absolute Gasteiger partial charge is 0.142 e. The Hall–Kier alpha value is -2.10. The van der Waals surface area contributed by atoms with Crippen LogP contribution in [-0.4, -0.2) is 4.98 Å². The number of para-hydroxylation sites is 1. The van der Waals surface area contributed by atoms with Crippen molar-refractivity contribution < 1.29 is 4.74 Å². The Morgan fingerprint density at radius 1 is 1.10 bits per heavy atom. The van der Waals surface area contributed by atoms with E-state index in [4.69, 9.17) is 22.1 Å². The van der Waals surface area contributed by atoms with E-state index >= 15 is 0 Å². The van der Waals surface area contributed by atoms with Gasteiger partial charge in [0.25, 0.3) is 0 Å². The van der Waals surface area contributed by atoms with Gasteiger partial charge in [0.1, 0.15) is 11.5 Å². The average Bonchev–Trinajstić information content (AvgIpc) is 2.48. The van der Waals surface area contributed by atoms with Crippen LogP contribution in [0.1, 0.15) is 5.56 Å². The molecule has 0 saturated heterocycles. The molecule has 3 nitrogen and oxygen atoms in total. The van der Waals surface area contributed by atoms with Gasteiger partial charge in [-0.05, 0) is 30.3 Å². The molecule has 1 heterocycles. The summed E-state index contributed by atoms with van der Waals surface area (Å²) >= 11 is 5.99. The highest BCUT2D eigenvalue weighted by atomic mass is 35.5. The molecule has 0 spiro atoms. The van der Waals surface area contributed by atoms with Crippen LogP contribution in [0.25, 0.3) is 10.9 Å². The molecule has 0 aliphatic carbocycles. The number of hydrogen-bond donors (Lipinski definition) is 1. The molecule has 0 bridgehead atoms. The maximum Gasteiger partial charge on any atom is 0.142 e. The Morgan fingerprint density at radius 2 is 1.95 bits per heavy atom. The lowest BCUT2D eigenvalue weighted by atomic mass is 10.1. The number of aromatic nitrogens is 1. The lowest BCUT2D eigenvalue weighted by Crippen LogP contribution is -2.01. The van der Waals surface area contributed by atoms with Gasteiger partial charge in [-0.25, -0.2) is 0 Å². The fourth-order valence-corrected chi connectivity index (χ4v) is 2.25. The first-order valence-corrected chi connectivity index (χ1v) is 6.66. The third-order valence-corrected chi connectivity index (χ3v) is 3.27. The fourth-order valence-electron chi connectivity index (χ4n) is 2.07. The molecule has 1 aromatic heterocycles. The number of ether oxygens (including phenoxy) is 1. The summed E-state index contributed by atoms with van der Waals surface area (Å²) in [5.74, 6) is 1.42. The third-order valence-electron chi connectivity index (χ3n) is 3.04. The van der Waals surface area contributed by atoms with Crippen LogP contribution in [0.5, 0.6) is 11.5 Å². The second kappa shape index (κ2) is 5.49. The molecular weight excluding hydrogens is 272 g/mol. The van der Waals surface area contributed by atoms with Crippen molar-refractivity contribution in [1.29, 1.82) is 0 Å². The summed E-state index contributed by atoms with van der Waals surface area (Å²) in [7, 11) is 0. The average molecular weight is 285 g/mol. The molecule has 0 aliphatic heterocycles. The molecule has 0 atom stereocenters. The van der Waals surface area contributed by atoms with Gasteiger partial charge in [-0.2, -0.15) is 0 Å². The summed E-state index contributed by atoms with van der Waals surface area (Å²) in [6.07, 6.45) is 1.75. The van der Waals surface area contributed by atoms with Gasteiger partial charge in [-0.1, -0.05) is 29.8 Å². The molecule has 3 aromatic rings. The maximum atomic E-state index is 5.99. The number of benzene rings is 2. The quantitative estimate of drug-likeness (QED) is 0.786. The van der Waals surface area contributed by atoms with E-state index < -0.39 is 0 Å². The highest BCUT2D eigenvalue weighted by Gasteiger charge is 2.10. The van der Waals surface area contributed by atoms with Gasteiger partial charge in [-0.3, -0.25) is 4.98 Å². The highest BCUT2D eigenvalue weighted by molar-refractivity contribution is 6.30. The first-order valence-electron chi connectivity index (χ1n) is 6.28. The molecule has 0 unspecified atom stereocenters. The first kappa shape index (κ1) is 12.9. The molecule has 3 rings (SSSR count). The van der Waals surface area contributed by atoms with E-state index in [1.54, 1.807) is 12.3 Å². The third kappa shape index (κ3) is 2.46. The number of halogens is 1. The van der Waals surface area contributed by atoms with Gasteiger partial charge < -0.3 is 10.5 Å². The summed E-state index contributed by atoms with van der Waals surface area (Å²) in [6, 6.07) is 15.1. The number of fused-ring (bicyclic) bond motifs is 1. The van der Waals surface area contributed by atoms with Crippen molar-refractivity contribution in [1.82, 2.24) is 4.98 Å². The van der Waals surface area contributed by atoms with E-state index in [-0.39, 0.29) is 0 Å². The molecule has 100 valence electrons. The SMILES string of the molecule is NCc1cnc2ccccc2c1Oc1cccc(Cl)c1. The Bertz CT molecular complexity index is 758. The van der Waals surface area contributed by atoms with Crippen LogP contribution in [-0.2, 0) is 6.54 Å². The minimum Gasteiger partial charge on any atom is -0.456 e. The molecule has 4 heteroatoms. The minimum absolute atomic E-state index is 0.369. The summed E-state index contributed by atoms with van der Waals surface area (Å²) in [5.41, 5.74) is 7.52. The Balaban J connectivity index is 2.13. The van der Waals surface area contributed by atoms with Crippen LogP contribution < -0.4 is 10.5 Å². The van der Waals surface area contributed by atoms with Crippen molar-refractivity contribution >= 4 is 22.5 Å². The zero-order valence-corrected chi connectivity index (χ0v) is 11.5. The molecule has 20 heavy (non-hydrogen) atoms. The van der Waals surface area contributed by atoms with Crippen LogP contribution in [0.2, 0.25) is 5.02 Å². The zero-order valence-electron chi connectivity index (χ0n) is 10.7. The van der Waals surface area contributed by atoms with Gasteiger partial charge >= 0.3 is 0 Å². The molecular formula is C16H13ClN2O. The van der Waals surface area contributed by atoms with Crippen molar-refractivity contribution in [2.24, 2.45) is 5.73 Å². The Morgan fingerprint density at radius 3 is 2.75 bits per heavy atom. The van der Waals surface area contributed by atoms with Gasteiger partial charge in [0.15, 0.2) is 0 Å². The minimum atomic E-state index is 0.369. The standard InChI is InChI=1S/C16H13ClN2O/c17-12-4-3-5-13(8-12)20-16-11(9-18)10-19-15-7-2-1-6-14(15)16/h1-8,10H,9,18H2. The Kier molecular flexibility index (Phi) is 3.54. The topological polar surface area (TPSA) is 48.1 Å². The second-order valence-corrected chi connectivity index (χ2v) is 4.83. The van der Waals surface area contributed by atoms with Crippen LogP contribution in [0, 0.1) is 0 Å². The number of pyridine rings is 1. The van der Waals surface area contributed by atoms with Crippen molar-refractivity contribution in [2.75, 3.05) is 0 Å². The number of nitrogens with two attached hydrogens (primary N) is 1. The van der Waals surface area contributed by atoms with E-state index in [0.717, 1.165) is 22.2 Å². The summed E-state index contributed by atoms with van der Waals surface area (Å²) in [6.45, 7) is 0.369. The molecule has 0 aliphatic rings. The predicted octanol–water partition coefficient (Wildman–Crippen LogP) is 4.14. The highest BCUT2D eigenvalue weighted by Crippen LogP contribution is 2.33. The van der Waals surface area contributed by atoms with Gasteiger partial charge in [-0.15, -0.1) is 0 Å². The van der Waals surface area contributed by atoms with Crippen LogP contribution in [0.15, 0.2) is 54.7 Å². The molecule has 0 radical (unpaired) electrons. The van der Waals surface area contributed by atoms with E-state index in [1.165, 1.54) is 0 Å². The first-order chi connectivity index (χ1) is 9.78. The summed E-state index contributed by atoms with van der Waals surface area (Å²) in [4.78, 5) is 4.39. The van der Waals surface area contributed by atoms with Crippen LogP contribution in [0.4, 0.5) is 0 Å². The summed E-state index contributed by atoms with van der Waals surface area (Å²) < 4.78 is 5.99. The monoisotopic (exact) mass is 284 g/mol. The van der Waals surface area contributed by atoms with E-state index in [0.29, 0.717) is 17.3 Å². The second-order valence-electron chi connectivity index (χ2n) is 4.39. The van der Waals surface area contributed by atoms with Gasteiger partial charge in [0.2, 0.25) is 0 Å². The maximum absolute atomic E-state index is 5.99. The van der Waals surface area contributed by atoms with Gasteiger partial charge in [0.05, 0.1) is 5.52 Å². The van der Waals surface area contributed by atoms with Crippen LogP contribution in [0.3, 0.4) is 0 Å². The van der Waals surface area contributed by atoms with Gasteiger partial charge in [0, 0.05) is 28.7 Å². The molecule has 0 amide bonds. The molecule has 0 saturated carbocycles. The number of rotatable bonds is 3. The molecule has 2 N–H and O–H groups in total. The van der Waals surface area contributed by atoms with E-state index in [9.17, 15) is 0 Å². The Labute approximate surface area is 122 Å². The van der Waals surface area contributed by atoms with E-state index in [2.05, 4.69) is 4.98 Å². The summed E-state index contributed by atoms with van der Waals surface area (Å²) in [5, 5.41) is 1.57. The van der Waals surface area contributed by atoms with Crippen molar-refractivity contribution in [2.45, 2.75) is 6.54 Å². The molecule has 0 fully saturated rings. The van der Waals surface area contributed by atoms with E-state index in [1.807, 2.05) is 42.5 Å². The zero-order chi connectivity index (χ0) is 13.9. The molecule has 2 aromatic carbocycles.